The van der Waals surface area contributed by atoms with Gasteiger partial charge in [0.15, 0.2) is 0 Å². The molecule has 20 heavy (non-hydrogen) atoms. The molecular formula is C15H23NO4. The number of esters is 1. The highest BCUT2D eigenvalue weighted by Crippen LogP contribution is 2.44. The lowest BCUT2D eigenvalue weighted by Crippen LogP contribution is -2.39. The van der Waals surface area contributed by atoms with Crippen LogP contribution in [0.25, 0.3) is 0 Å². The van der Waals surface area contributed by atoms with Crippen molar-refractivity contribution in [3.8, 4) is 0 Å². The third kappa shape index (κ3) is 2.81. The Morgan fingerprint density at radius 3 is 2.80 bits per heavy atom. The largest absolute Gasteiger partial charge is 0.511 e. The molecule has 0 amide bonds. The maximum absolute atomic E-state index is 12.3. The smallest absolute Gasteiger partial charge is 0.344 e. The van der Waals surface area contributed by atoms with Crippen molar-refractivity contribution in [3.63, 3.8) is 0 Å². The van der Waals surface area contributed by atoms with Gasteiger partial charge in [-0.3, -0.25) is 0 Å². The Morgan fingerprint density at radius 1 is 1.55 bits per heavy atom. The van der Waals surface area contributed by atoms with Crippen LogP contribution in [0.15, 0.2) is 16.5 Å². The number of nitrogens with zero attached hydrogens (tertiary/aromatic N) is 1. The Morgan fingerprint density at radius 2 is 2.30 bits per heavy atom. The fourth-order valence-corrected chi connectivity index (χ4v) is 3.11. The molecule has 0 aromatic carbocycles. The summed E-state index contributed by atoms with van der Waals surface area (Å²) >= 11 is 0. The molecule has 2 aliphatic rings. The van der Waals surface area contributed by atoms with Crippen molar-refractivity contribution in [2.45, 2.75) is 58.5 Å². The van der Waals surface area contributed by atoms with Crippen LogP contribution in [0, 0.1) is 5.92 Å². The summed E-state index contributed by atoms with van der Waals surface area (Å²) in [5.41, 5.74) is 0.135. The van der Waals surface area contributed by atoms with Crippen LogP contribution < -0.4 is 0 Å². The van der Waals surface area contributed by atoms with E-state index in [4.69, 9.17) is 9.57 Å². The summed E-state index contributed by atoms with van der Waals surface area (Å²) in [7, 11) is 0. The van der Waals surface area contributed by atoms with Crippen molar-refractivity contribution in [2.24, 2.45) is 11.1 Å². The summed E-state index contributed by atoms with van der Waals surface area (Å²) in [6.45, 7) is 6.26. The number of aliphatic hydroxyl groups is 1. The second-order valence-electron chi connectivity index (χ2n) is 5.73. The second kappa shape index (κ2) is 5.85. The van der Waals surface area contributed by atoms with E-state index in [-0.39, 0.29) is 11.3 Å². The van der Waals surface area contributed by atoms with Gasteiger partial charge in [-0.15, -0.1) is 0 Å². The van der Waals surface area contributed by atoms with Crippen LogP contribution in [0.2, 0.25) is 0 Å². The molecule has 5 nitrogen and oxygen atoms in total. The van der Waals surface area contributed by atoms with Crippen LogP contribution in [0.5, 0.6) is 0 Å². The summed E-state index contributed by atoms with van der Waals surface area (Å²) in [6, 6.07) is 0. The van der Waals surface area contributed by atoms with E-state index in [0.29, 0.717) is 31.1 Å². The lowest BCUT2D eigenvalue weighted by molar-refractivity contribution is -0.157. The number of hydrogen-bond acceptors (Lipinski definition) is 5. The van der Waals surface area contributed by atoms with E-state index < -0.39 is 11.6 Å². The number of hydrogen-bond donors (Lipinski definition) is 1. The molecule has 0 saturated heterocycles. The number of carbonyl (C=O) groups excluding carboxylic acids is 1. The number of oxime groups is 1. The molecule has 0 bridgehead atoms. The zero-order valence-electron chi connectivity index (χ0n) is 12.4. The average molecular weight is 281 g/mol. The fourth-order valence-electron chi connectivity index (χ4n) is 3.11. The third-order valence-corrected chi connectivity index (χ3v) is 4.03. The minimum absolute atomic E-state index is 0.0932. The summed E-state index contributed by atoms with van der Waals surface area (Å²) in [6.07, 6.45) is 3.58. The lowest BCUT2D eigenvalue weighted by Gasteiger charge is -2.34. The molecular weight excluding hydrogens is 258 g/mol. The van der Waals surface area contributed by atoms with E-state index in [1.807, 2.05) is 13.8 Å². The van der Waals surface area contributed by atoms with Gasteiger partial charge in [0.25, 0.3) is 0 Å². The van der Waals surface area contributed by atoms with Gasteiger partial charge in [-0.2, -0.15) is 0 Å². The molecule has 1 aliphatic carbocycles. The van der Waals surface area contributed by atoms with E-state index in [0.717, 1.165) is 19.3 Å². The van der Waals surface area contributed by atoms with Crippen LogP contribution in [0.1, 0.15) is 52.9 Å². The summed E-state index contributed by atoms with van der Waals surface area (Å²) in [5.74, 6) is 0.152. The number of aliphatic hydroxyl groups excluding tert-OH is 1. The highest BCUT2D eigenvalue weighted by Gasteiger charge is 2.46. The Balaban J connectivity index is 2.26. The lowest BCUT2D eigenvalue weighted by atomic mass is 9.89. The molecule has 2 rings (SSSR count). The monoisotopic (exact) mass is 281 g/mol. The SMILES string of the molecule is CCO/N=C(/CC)C1=C(O)CC2(CCC(C)C2)OC1=O. The van der Waals surface area contributed by atoms with Gasteiger partial charge >= 0.3 is 5.97 Å². The Kier molecular flexibility index (Phi) is 4.35. The minimum Gasteiger partial charge on any atom is -0.511 e. The molecule has 1 saturated carbocycles. The van der Waals surface area contributed by atoms with E-state index >= 15 is 0 Å². The van der Waals surface area contributed by atoms with Crippen LogP contribution >= 0.6 is 0 Å². The molecule has 2 atom stereocenters. The van der Waals surface area contributed by atoms with Crippen molar-refractivity contribution in [3.05, 3.63) is 11.3 Å². The fraction of sp³-hybridized carbons (Fsp3) is 0.733. The number of ether oxygens (including phenoxy) is 1. The molecule has 1 aliphatic heterocycles. The zero-order chi connectivity index (χ0) is 14.8. The average Bonchev–Trinajstić information content (AvgIpc) is 2.73. The van der Waals surface area contributed by atoms with E-state index in [1.165, 1.54) is 0 Å². The van der Waals surface area contributed by atoms with Gasteiger partial charge in [-0.25, -0.2) is 4.79 Å². The Labute approximate surface area is 119 Å². The van der Waals surface area contributed by atoms with Gasteiger partial charge in [0.2, 0.25) is 0 Å². The quantitative estimate of drug-likeness (QED) is 0.488. The summed E-state index contributed by atoms with van der Waals surface area (Å²) in [4.78, 5) is 17.3. The predicted molar refractivity (Wildman–Crippen MR) is 75.5 cm³/mol. The van der Waals surface area contributed by atoms with Crippen LogP contribution in [0.4, 0.5) is 0 Å². The van der Waals surface area contributed by atoms with Gasteiger partial charge in [0.05, 0.1) is 5.71 Å². The Bertz CT molecular complexity index is 455. The highest BCUT2D eigenvalue weighted by atomic mass is 16.6. The van der Waals surface area contributed by atoms with Crippen molar-refractivity contribution in [2.75, 3.05) is 6.61 Å². The normalized spacial score (nSPS) is 30.9. The maximum Gasteiger partial charge on any atom is 0.344 e. The third-order valence-electron chi connectivity index (χ3n) is 4.03. The van der Waals surface area contributed by atoms with Gasteiger partial charge in [-0.1, -0.05) is 19.0 Å². The Hall–Kier alpha value is -1.52. The molecule has 0 aromatic heterocycles. The van der Waals surface area contributed by atoms with Gasteiger partial charge in [0.1, 0.15) is 23.5 Å². The van der Waals surface area contributed by atoms with E-state index in [9.17, 15) is 9.90 Å². The van der Waals surface area contributed by atoms with Gasteiger partial charge in [0, 0.05) is 6.42 Å². The molecule has 0 aromatic rings. The molecule has 1 heterocycles. The predicted octanol–water partition coefficient (Wildman–Crippen LogP) is 3.11. The summed E-state index contributed by atoms with van der Waals surface area (Å²) in [5, 5.41) is 14.2. The van der Waals surface area contributed by atoms with E-state index in [2.05, 4.69) is 12.1 Å². The van der Waals surface area contributed by atoms with Crippen molar-refractivity contribution < 1.29 is 19.5 Å². The van der Waals surface area contributed by atoms with Gasteiger partial charge < -0.3 is 14.7 Å². The molecule has 112 valence electrons. The molecule has 1 N–H and O–H groups in total. The minimum atomic E-state index is -0.505. The number of rotatable bonds is 4. The first kappa shape index (κ1) is 14.9. The summed E-state index contributed by atoms with van der Waals surface area (Å²) < 4.78 is 5.66. The molecule has 0 radical (unpaired) electrons. The maximum atomic E-state index is 12.3. The van der Waals surface area contributed by atoms with E-state index in [1.54, 1.807) is 0 Å². The molecule has 2 unspecified atom stereocenters. The van der Waals surface area contributed by atoms with Crippen molar-refractivity contribution in [1.82, 2.24) is 0 Å². The number of carbonyl (C=O) groups is 1. The second-order valence-corrected chi connectivity index (χ2v) is 5.73. The van der Waals surface area contributed by atoms with Crippen LogP contribution in [-0.2, 0) is 14.4 Å². The van der Waals surface area contributed by atoms with Gasteiger partial charge in [-0.05, 0) is 38.5 Å². The zero-order valence-corrected chi connectivity index (χ0v) is 12.4. The van der Waals surface area contributed by atoms with Crippen LogP contribution in [0.3, 0.4) is 0 Å². The first-order valence-electron chi connectivity index (χ1n) is 7.36. The molecule has 5 heteroatoms. The highest BCUT2D eigenvalue weighted by molar-refractivity contribution is 6.20. The van der Waals surface area contributed by atoms with Crippen molar-refractivity contribution in [1.29, 1.82) is 0 Å². The first-order valence-corrected chi connectivity index (χ1v) is 7.36. The molecule has 1 spiro atoms. The first-order chi connectivity index (χ1) is 9.51. The standard InChI is InChI=1S/C15H23NO4/c1-4-11(16-19-5-2)13-12(17)9-15(20-14(13)18)7-6-10(3)8-15/h10,17H,4-9H2,1-3H3/b16-11-. The van der Waals surface area contributed by atoms with Crippen molar-refractivity contribution >= 4 is 11.7 Å². The molecule has 1 fully saturated rings. The topological polar surface area (TPSA) is 68.1 Å². The van der Waals surface area contributed by atoms with Crippen LogP contribution in [-0.4, -0.2) is 29.0 Å².